The summed E-state index contributed by atoms with van der Waals surface area (Å²) in [5, 5.41) is 25.5. The highest BCUT2D eigenvalue weighted by Gasteiger charge is 2.28. The predicted molar refractivity (Wildman–Crippen MR) is 47.1 cm³/mol. The molecular weight excluding hydrogens is 231 g/mol. The Balaban J connectivity index is 4.08. The fraction of sp³-hybridized carbons (Fsp3) is 0.833. The van der Waals surface area contributed by atoms with Gasteiger partial charge in [0, 0.05) is 0 Å². The van der Waals surface area contributed by atoms with Crippen LogP contribution in [-0.2, 0) is 18.4 Å². The Morgan fingerprint density at radius 1 is 1.53 bits per heavy atom. The van der Waals surface area contributed by atoms with Crippen molar-refractivity contribution in [3.05, 3.63) is 0 Å². The molecule has 0 saturated carbocycles. The molecule has 4 N–H and O–H groups in total. The third kappa shape index (κ3) is 6.56. The van der Waals surface area contributed by atoms with Crippen molar-refractivity contribution in [2.45, 2.75) is 19.1 Å². The lowest BCUT2D eigenvalue weighted by Gasteiger charge is -2.15. The third-order valence-corrected chi connectivity index (χ3v) is 2.34. The maximum Gasteiger partial charge on any atom is 0.473 e. The van der Waals surface area contributed by atoms with Crippen molar-refractivity contribution in [2.75, 3.05) is 13.2 Å². The van der Waals surface area contributed by atoms with Crippen LogP contribution in [0, 0.1) is 0 Å². The van der Waals surface area contributed by atoms with Gasteiger partial charge < -0.3 is 20.2 Å². The van der Waals surface area contributed by atoms with Crippen LogP contribution in [0.15, 0.2) is 0 Å². The first-order chi connectivity index (χ1) is 6.78. The third-order valence-electron chi connectivity index (χ3n) is 1.28. The number of hydrogen-bond acceptors (Lipinski definition) is 6. The molecule has 15 heavy (non-hydrogen) atoms. The van der Waals surface area contributed by atoms with Crippen LogP contribution in [0.5, 0.6) is 0 Å². The molecule has 0 radical (unpaired) electrons. The Labute approximate surface area is 85.7 Å². The minimum Gasteiger partial charge on any atom is -0.479 e. The van der Waals surface area contributed by atoms with Gasteiger partial charge in [-0.2, -0.15) is 0 Å². The summed E-state index contributed by atoms with van der Waals surface area (Å²) in [6.07, 6.45) is -2.83. The first-order valence-electron chi connectivity index (χ1n) is 3.96. The van der Waals surface area contributed by atoms with E-state index in [0.717, 1.165) is 6.92 Å². The molecule has 0 heterocycles. The van der Waals surface area contributed by atoms with Crippen molar-refractivity contribution < 1.29 is 38.6 Å². The molecule has 0 spiro atoms. The minimum absolute atomic E-state index is 0.628. The SMILES string of the molecule is CC(OP(=O)(O)OCC(O)CO)C(=O)O. The fourth-order valence-electron chi connectivity index (χ4n) is 0.508. The van der Waals surface area contributed by atoms with Crippen LogP contribution >= 0.6 is 7.82 Å². The van der Waals surface area contributed by atoms with Gasteiger partial charge in [-0.25, -0.2) is 9.36 Å². The number of hydrogen-bond donors (Lipinski definition) is 4. The van der Waals surface area contributed by atoms with Crippen molar-refractivity contribution in [2.24, 2.45) is 0 Å². The van der Waals surface area contributed by atoms with Crippen molar-refractivity contribution in [3.63, 3.8) is 0 Å². The molecule has 90 valence electrons. The van der Waals surface area contributed by atoms with Gasteiger partial charge in [-0.3, -0.25) is 9.05 Å². The van der Waals surface area contributed by atoms with Gasteiger partial charge in [-0.05, 0) is 6.92 Å². The lowest BCUT2D eigenvalue weighted by Crippen LogP contribution is -2.22. The van der Waals surface area contributed by atoms with Crippen LogP contribution in [0.3, 0.4) is 0 Å². The molecule has 8 nitrogen and oxygen atoms in total. The molecule has 9 heteroatoms. The van der Waals surface area contributed by atoms with E-state index in [9.17, 15) is 9.36 Å². The van der Waals surface area contributed by atoms with Crippen LogP contribution in [0.1, 0.15) is 6.92 Å². The Kier molecular flexibility index (Phi) is 5.96. The van der Waals surface area contributed by atoms with Gasteiger partial charge in [0.1, 0.15) is 6.10 Å². The van der Waals surface area contributed by atoms with Crippen molar-refractivity contribution in [3.8, 4) is 0 Å². The number of carboxylic acid groups (broad SMARTS) is 1. The summed E-state index contributed by atoms with van der Waals surface area (Å²) in [5.74, 6) is -1.42. The zero-order valence-corrected chi connectivity index (χ0v) is 8.83. The second-order valence-electron chi connectivity index (χ2n) is 2.69. The number of aliphatic hydroxyl groups excluding tert-OH is 2. The molecule has 0 rings (SSSR count). The standard InChI is InChI=1S/C6H13O8P/c1-4(6(9)10)14-15(11,12)13-3-5(8)2-7/h4-5,7-8H,2-3H2,1H3,(H,9,10)(H,11,12). The first kappa shape index (κ1) is 14.5. The zero-order chi connectivity index (χ0) is 12.1. The van der Waals surface area contributed by atoms with Crippen LogP contribution in [0.4, 0.5) is 0 Å². The monoisotopic (exact) mass is 244 g/mol. The van der Waals surface area contributed by atoms with Crippen LogP contribution in [-0.4, -0.2) is 51.6 Å². The number of phosphoric acid groups is 1. The Morgan fingerprint density at radius 3 is 2.47 bits per heavy atom. The van der Waals surface area contributed by atoms with Gasteiger partial charge in [0.05, 0.1) is 13.2 Å². The number of rotatable bonds is 7. The number of carbonyl (C=O) groups is 1. The predicted octanol–water partition coefficient (Wildman–Crippen LogP) is -1.05. The first-order valence-corrected chi connectivity index (χ1v) is 5.45. The van der Waals surface area contributed by atoms with Gasteiger partial charge in [0.2, 0.25) is 0 Å². The molecule has 0 aliphatic carbocycles. The average molecular weight is 244 g/mol. The van der Waals surface area contributed by atoms with E-state index in [0.29, 0.717) is 0 Å². The van der Waals surface area contributed by atoms with E-state index in [1.165, 1.54) is 0 Å². The molecule has 0 amide bonds. The maximum atomic E-state index is 11.0. The summed E-state index contributed by atoms with van der Waals surface area (Å²) in [6.45, 7) is -0.220. The number of carboxylic acids is 1. The summed E-state index contributed by atoms with van der Waals surface area (Å²) < 4.78 is 19.4. The molecule has 0 aromatic rings. The van der Waals surface area contributed by atoms with Gasteiger partial charge in [0.15, 0.2) is 6.10 Å². The molecule has 0 saturated heterocycles. The number of aliphatic carboxylic acids is 1. The van der Waals surface area contributed by atoms with E-state index in [4.69, 9.17) is 20.2 Å². The molecule has 0 aliphatic rings. The molecule has 0 aromatic carbocycles. The molecule has 0 fully saturated rings. The second kappa shape index (κ2) is 6.16. The van der Waals surface area contributed by atoms with E-state index in [-0.39, 0.29) is 0 Å². The van der Waals surface area contributed by atoms with Gasteiger partial charge in [-0.1, -0.05) is 0 Å². The molecule has 0 aliphatic heterocycles. The van der Waals surface area contributed by atoms with E-state index < -0.39 is 39.2 Å². The van der Waals surface area contributed by atoms with Gasteiger partial charge in [0.25, 0.3) is 0 Å². The van der Waals surface area contributed by atoms with Gasteiger partial charge in [-0.15, -0.1) is 0 Å². The van der Waals surface area contributed by atoms with Gasteiger partial charge >= 0.3 is 13.8 Å². The topological polar surface area (TPSA) is 134 Å². The highest BCUT2D eigenvalue weighted by molar-refractivity contribution is 7.47. The fourth-order valence-corrected chi connectivity index (χ4v) is 1.42. The summed E-state index contributed by atoms with van der Waals surface area (Å²) in [5.41, 5.74) is 0. The van der Waals surface area contributed by atoms with Crippen molar-refractivity contribution in [1.29, 1.82) is 0 Å². The van der Waals surface area contributed by atoms with Crippen LogP contribution < -0.4 is 0 Å². The normalized spacial score (nSPS) is 19.2. The molecule has 3 atom stereocenters. The average Bonchev–Trinajstić information content (AvgIpc) is 2.13. The van der Waals surface area contributed by atoms with E-state index in [2.05, 4.69) is 9.05 Å². The lowest BCUT2D eigenvalue weighted by atomic mass is 10.4. The van der Waals surface area contributed by atoms with Crippen molar-refractivity contribution in [1.82, 2.24) is 0 Å². The molecular formula is C6H13O8P. The Bertz CT molecular complexity index is 254. The molecule has 3 unspecified atom stereocenters. The number of phosphoric ester groups is 1. The van der Waals surface area contributed by atoms with Crippen LogP contribution in [0.25, 0.3) is 0 Å². The smallest absolute Gasteiger partial charge is 0.473 e. The summed E-state index contributed by atoms with van der Waals surface area (Å²) in [7, 11) is -4.52. The quantitative estimate of drug-likeness (QED) is 0.416. The van der Waals surface area contributed by atoms with E-state index in [1.54, 1.807) is 0 Å². The second-order valence-corrected chi connectivity index (χ2v) is 4.09. The molecule has 0 aromatic heterocycles. The van der Waals surface area contributed by atoms with Crippen molar-refractivity contribution >= 4 is 13.8 Å². The Hall–Kier alpha value is -0.500. The lowest BCUT2D eigenvalue weighted by molar-refractivity contribution is -0.145. The van der Waals surface area contributed by atoms with Crippen LogP contribution in [0.2, 0.25) is 0 Å². The molecule has 0 bridgehead atoms. The largest absolute Gasteiger partial charge is 0.479 e. The summed E-state index contributed by atoms with van der Waals surface area (Å²) >= 11 is 0. The zero-order valence-electron chi connectivity index (χ0n) is 7.94. The highest BCUT2D eigenvalue weighted by atomic mass is 31.2. The Morgan fingerprint density at radius 2 is 2.07 bits per heavy atom. The maximum absolute atomic E-state index is 11.0. The van der Waals surface area contributed by atoms with E-state index >= 15 is 0 Å². The summed E-state index contributed by atoms with van der Waals surface area (Å²) in [4.78, 5) is 19.2. The summed E-state index contributed by atoms with van der Waals surface area (Å²) in [6, 6.07) is 0. The number of aliphatic hydroxyl groups is 2. The minimum atomic E-state index is -4.52. The highest BCUT2D eigenvalue weighted by Crippen LogP contribution is 2.44. The van der Waals surface area contributed by atoms with E-state index in [1.807, 2.05) is 0 Å².